The summed E-state index contributed by atoms with van der Waals surface area (Å²) in [6.45, 7) is 3.18. The van der Waals surface area contributed by atoms with Crippen molar-refractivity contribution in [3.05, 3.63) is 34.2 Å². The first-order valence-electron chi connectivity index (χ1n) is 6.21. The van der Waals surface area contributed by atoms with Gasteiger partial charge in [-0.1, -0.05) is 6.07 Å². The molecular formula is C13H18N2O3. The van der Waals surface area contributed by atoms with E-state index in [1.807, 2.05) is 13.0 Å². The molecule has 1 unspecified atom stereocenters. The van der Waals surface area contributed by atoms with Gasteiger partial charge in [-0.25, -0.2) is 0 Å². The predicted octanol–water partition coefficient (Wildman–Crippen LogP) is 0.452. The van der Waals surface area contributed by atoms with Crippen LogP contribution in [0.2, 0.25) is 0 Å². The first kappa shape index (κ1) is 12.8. The number of nitrogens with one attached hydrogen (secondary N) is 1. The van der Waals surface area contributed by atoms with Crippen LogP contribution in [0.5, 0.6) is 0 Å². The van der Waals surface area contributed by atoms with Crippen molar-refractivity contribution in [2.75, 3.05) is 13.2 Å². The molecule has 1 saturated heterocycles. The molecule has 0 aliphatic carbocycles. The molecule has 0 saturated carbocycles. The van der Waals surface area contributed by atoms with Crippen LogP contribution in [0.3, 0.4) is 0 Å². The molecule has 1 aromatic heterocycles. The Bertz CT molecular complexity index is 475. The van der Waals surface area contributed by atoms with E-state index in [1.54, 1.807) is 6.07 Å². The van der Waals surface area contributed by atoms with Crippen molar-refractivity contribution in [3.63, 3.8) is 0 Å². The van der Waals surface area contributed by atoms with Crippen molar-refractivity contribution in [3.8, 4) is 0 Å². The van der Waals surface area contributed by atoms with Gasteiger partial charge in [-0.05, 0) is 25.8 Å². The monoisotopic (exact) mass is 250 g/mol. The van der Waals surface area contributed by atoms with Crippen LogP contribution in [0.25, 0.3) is 0 Å². The Labute approximate surface area is 106 Å². The van der Waals surface area contributed by atoms with Gasteiger partial charge in [0.2, 0.25) is 5.91 Å². The normalized spacial score (nSPS) is 18.8. The van der Waals surface area contributed by atoms with Gasteiger partial charge in [0, 0.05) is 24.9 Å². The second kappa shape index (κ2) is 5.82. The van der Waals surface area contributed by atoms with E-state index < -0.39 is 0 Å². The average Bonchev–Trinajstić information content (AvgIpc) is 2.84. The Kier molecular flexibility index (Phi) is 4.15. The third-order valence-corrected chi connectivity index (χ3v) is 3.12. The van der Waals surface area contributed by atoms with Gasteiger partial charge in [0.05, 0.1) is 6.10 Å². The van der Waals surface area contributed by atoms with Crippen LogP contribution in [0.4, 0.5) is 0 Å². The van der Waals surface area contributed by atoms with Crippen LogP contribution in [-0.2, 0) is 16.1 Å². The van der Waals surface area contributed by atoms with Gasteiger partial charge in [-0.15, -0.1) is 0 Å². The average molecular weight is 250 g/mol. The zero-order chi connectivity index (χ0) is 13.0. The van der Waals surface area contributed by atoms with Gasteiger partial charge in [0.15, 0.2) is 0 Å². The number of aromatic nitrogens is 1. The minimum Gasteiger partial charge on any atom is -0.376 e. The van der Waals surface area contributed by atoms with Gasteiger partial charge < -0.3 is 14.6 Å². The third-order valence-electron chi connectivity index (χ3n) is 3.12. The quantitative estimate of drug-likeness (QED) is 0.844. The molecule has 98 valence electrons. The van der Waals surface area contributed by atoms with Crippen molar-refractivity contribution in [2.24, 2.45) is 0 Å². The molecule has 0 radical (unpaired) electrons. The SMILES string of the molecule is Cc1cccc(=O)n1CC(=O)NCC1CCCO1. The summed E-state index contributed by atoms with van der Waals surface area (Å²) in [4.78, 5) is 23.3. The lowest BCUT2D eigenvalue weighted by molar-refractivity contribution is -0.122. The van der Waals surface area contributed by atoms with E-state index in [9.17, 15) is 9.59 Å². The van der Waals surface area contributed by atoms with Crippen LogP contribution in [-0.4, -0.2) is 29.7 Å². The largest absolute Gasteiger partial charge is 0.376 e. The fourth-order valence-corrected chi connectivity index (χ4v) is 2.06. The predicted molar refractivity (Wildman–Crippen MR) is 67.4 cm³/mol. The van der Waals surface area contributed by atoms with Crippen molar-refractivity contribution in [1.29, 1.82) is 0 Å². The summed E-state index contributed by atoms with van der Waals surface area (Å²) < 4.78 is 6.88. The van der Waals surface area contributed by atoms with Gasteiger partial charge in [-0.3, -0.25) is 9.59 Å². The molecule has 1 atom stereocenters. The zero-order valence-corrected chi connectivity index (χ0v) is 10.5. The van der Waals surface area contributed by atoms with E-state index in [1.165, 1.54) is 10.6 Å². The van der Waals surface area contributed by atoms with Crippen LogP contribution < -0.4 is 10.9 Å². The molecule has 18 heavy (non-hydrogen) atoms. The number of carbonyl (C=O) groups is 1. The summed E-state index contributed by atoms with van der Waals surface area (Å²) in [5.74, 6) is -0.151. The first-order chi connectivity index (χ1) is 8.66. The zero-order valence-electron chi connectivity index (χ0n) is 10.5. The maximum atomic E-state index is 11.7. The first-order valence-corrected chi connectivity index (χ1v) is 6.21. The third kappa shape index (κ3) is 3.20. The van der Waals surface area contributed by atoms with E-state index in [-0.39, 0.29) is 24.1 Å². The lowest BCUT2D eigenvalue weighted by atomic mass is 10.2. The number of carbonyl (C=O) groups excluding carboxylic acids is 1. The summed E-state index contributed by atoms with van der Waals surface area (Å²) >= 11 is 0. The highest BCUT2D eigenvalue weighted by Crippen LogP contribution is 2.10. The number of aryl methyl sites for hydroxylation is 1. The molecule has 1 aromatic rings. The van der Waals surface area contributed by atoms with Crippen LogP contribution >= 0.6 is 0 Å². The minimum absolute atomic E-state index is 0.0677. The Hall–Kier alpha value is -1.62. The smallest absolute Gasteiger partial charge is 0.251 e. The lowest BCUT2D eigenvalue weighted by Crippen LogP contribution is -2.36. The number of hydrogen-bond acceptors (Lipinski definition) is 3. The van der Waals surface area contributed by atoms with Crippen LogP contribution in [0, 0.1) is 6.92 Å². The van der Waals surface area contributed by atoms with Crippen LogP contribution in [0.1, 0.15) is 18.5 Å². The Balaban J connectivity index is 1.88. The molecule has 1 aliphatic heterocycles. The molecule has 0 spiro atoms. The fourth-order valence-electron chi connectivity index (χ4n) is 2.06. The van der Waals surface area contributed by atoms with Crippen LogP contribution in [0.15, 0.2) is 23.0 Å². The Morgan fingerprint density at radius 3 is 3.06 bits per heavy atom. The molecule has 5 heteroatoms. The van der Waals surface area contributed by atoms with E-state index in [0.717, 1.165) is 25.1 Å². The summed E-state index contributed by atoms with van der Waals surface area (Å²) in [5, 5.41) is 2.80. The van der Waals surface area contributed by atoms with Crippen molar-refractivity contribution in [1.82, 2.24) is 9.88 Å². The molecule has 0 aromatic carbocycles. The van der Waals surface area contributed by atoms with Gasteiger partial charge in [-0.2, -0.15) is 0 Å². The van der Waals surface area contributed by atoms with E-state index in [4.69, 9.17) is 4.74 Å². The van der Waals surface area contributed by atoms with Gasteiger partial charge in [0.25, 0.3) is 5.56 Å². The molecule has 1 aliphatic rings. The number of ether oxygens (including phenoxy) is 1. The summed E-state index contributed by atoms with van der Waals surface area (Å²) in [6.07, 6.45) is 2.17. The molecule has 5 nitrogen and oxygen atoms in total. The molecule has 1 N–H and O–H groups in total. The van der Waals surface area contributed by atoms with Crippen molar-refractivity contribution < 1.29 is 9.53 Å². The second-order valence-electron chi connectivity index (χ2n) is 4.53. The standard InChI is InChI=1S/C13H18N2O3/c1-10-4-2-6-13(17)15(10)9-12(16)14-8-11-5-3-7-18-11/h2,4,6,11H,3,5,7-9H2,1H3,(H,14,16). The van der Waals surface area contributed by atoms with Crippen molar-refractivity contribution >= 4 is 5.91 Å². The highest BCUT2D eigenvalue weighted by Gasteiger charge is 2.16. The van der Waals surface area contributed by atoms with E-state index in [2.05, 4.69) is 5.32 Å². The topological polar surface area (TPSA) is 60.3 Å². The van der Waals surface area contributed by atoms with Gasteiger partial charge in [0.1, 0.15) is 6.54 Å². The maximum absolute atomic E-state index is 11.7. The van der Waals surface area contributed by atoms with E-state index in [0.29, 0.717) is 6.54 Å². The Morgan fingerprint density at radius 2 is 2.39 bits per heavy atom. The summed E-state index contributed by atoms with van der Waals surface area (Å²) in [7, 11) is 0. The molecule has 2 heterocycles. The number of hydrogen-bond donors (Lipinski definition) is 1. The maximum Gasteiger partial charge on any atom is 0.251 e. The highest BCUT2D eigenvalue weighted by molar-refractivity contribution is 5.75. The number of amides is 1. The molecule has 1 fully saturated rings. The second-order valence-corrected chi connectivity index (χ2v) is 4.53. The van der Waals surface area contributed by atoms with Gasteiger partial charge >= 0.3 is 0 Å². The fraction of sp³-hybridized carbons (Fsp3) is 0.538. The molecule has 1 amide bonds. The lowest BCUT2D eigenvalue weighted by Gasteiger charge is -2.12. The molecule has 2 rings (SSSR count). The molecule has 0 bridgehead atoms. The summed E-state index contributed by atoms with van der Waals surface area (Å²) in [5.41, 5.74) is 0.636. The number of pyridine rings is 1. The van der Waals surface area contributed by atoms with E-state index >= 15 is 0 Å². The van der Waals surface area contributed by atoms with Crippen molar-refractivity contribution in [2.45, 2.75) is 32.4 Å². The minimum atomic E-state index is -0.151. The summed E-state index contributed by atoms with van der Waals surface area (Å²) in [6, 6.07) is 4.97. The Morgan fingerprint density at radius 1 is 1.56 bits per heavy atom. The highest BCUT2D eigenvalue weighted by atomic mass is 16.5. The number of rotatable bonds is 4. The molecular weight excluding hydrogens is 232 g/mol. The number of nitrogens with zero attached hydrogens (tertiary/aromatic N) is 1.